The fourth-order valence-electron chi connectivity index (χ4n) is 3.56. The number of nitrogens with zero attached hydrogens (tertiary/aromatic N) is 1. The van der Waals surface area contributed by atoms with E-state index in [9.17, 15) is 18.0 Å². The first-order valence-corrected chi connectivity index (χ1v) is 14.9. The van der Waals surface area contributed by atoms with E-state index in [1.807, 2.05) is 53.8 Å². The molecule has 0 aliphatic carbocycles. The zero-order valence-electron chi connectivity index (χ0n) is 20.5. The monoisotopic (exact) mass is 665 g/mol. The first-order valence-electron chi connectivity index (χ1n) is 11.6. The first-order chi connectivity index (χ1) is 18.2. The van der Waals surface area contributed by atoms with E-state index in [1.165, 1.54) is 12.1 Å². The number of hydrogen-bond donors (Lipinski definition) is 0. The summed E-state index contributed by atoms with van der Waals surface area (Å²) in [6.07, 6.45) is 1.58. The number of aryl methyl sites for hydroxylation is 1. The van der Waals surface area contributed by atoms with E-state index in [4.69, 9.17) is 13.7 Å². The Bertz CT molecular complexity index is 1490. The van der Waals surface area contributed by atoms with Gasteiger partial charge in [-0.1, -0.05) is 30.3 Å². The Morgan fingerprint density at radius 1 is 1.00 bits per heavy atom. The van der Waals surface area contributed by atoms with Gasteiger partial charge in [0.25, 0.3) is 11.1 Å². The molecule has 1 heterocycles. The summed E-state index contributed by atoms with van der Waals surface area (Å²) in [5.74, 6) is 0.501. The van der Waals surface area contributed by atoms with Crippen molar-refractivity contribution < 1.29 is 31.7 Å². The van der Waals surface area contributed by atoms with Crippen LogP contribution in [-0.4, -0.2) is 44.2 Å². The normalized spacial score (nSPS) is 14.7. The van der Waals surface area contributed by atoms with Crippen LogP contribution in [0.5, 0.6) is 17.2 Å². The third-order valence-corrected chi connectivity index (χ3v) is 8.25. The lowest BCUT2D eigenvalue weighted by molar-refractivity contribution is -0.123. The fraction of sp³-hybridized carbons (Fsp3) is 0.185. The molecule has 4 rings (SSSR count). The second kappa shape index (κ2) is 12.2. The van der Waals surface area contributed by atoms with Crippen LogP contribution in [0, 0.1) is 10.5 Å². The van der Waals surface area contributed by atoms with Crippen LogP contribution in [0.2, 0.25) is 0 Å². The third-order valence-electron chi connectivity index (χ3n) is 5.30. The Morgan fingerprint density at radius 2 is 1.76 bits per heavy atom. The molecular formula is C27H24INO7S2. The van der Waals surface area contributed by atoms with Gasteiger partial charge in [0.15, 0.2) is 11.5 Å². The average Bonchev–Trinajstić information content (AvgIpc) is 3.14. The van der Waals surface area contributed by atoms with Gasteiger partial charge in [0.05, 0.1) is 21.6 Å². The highest BCUT2D eigenvalue weighted by Gasteiger charge is 2.35. The number of amides is 2. The van der Waals surface area contributed by atoms with Crippen molar-refractivity contribution in [3.05, 3.63) is 86.3 Å². The van der Waals surface area contributed by atoms with E-state index in [1.54, 1.807) is 43.3 Å². The molecule has 8 nitrogen and oxygen atoms in total. The summed E-state index contributed by atoms with van der Waals surface area (Å²) < 4.78 is 42.8. The second-order valence-electron chi connectivity index (χ2n) is 8.11. The molecule has 0 saturated carbocycles. The largest absolute Gasteiger partial charge is 0.492 e. The van der Waals surface area contributed by atoms with Gasteiger partial charge < -0.3 is 13.7 Å². The number of thioether (sulfide) groups is 1. The van der Waals surface area contributed by atoms with Crippen LogP contribution in [0.15, 0.2) is 76.5 Å². The van der Waals surface area contributed by atoms with Crippen molar-refractivity contribution in [3.63, 3.8) is 0 Å². The predicted octanol–water partition coefficient (Wildman–Crippen LogP) is 5.88. The molecule has 0 bridgehead atoms. The van der Waals surface area contributed by atoms with Crippen LogP contribution in [0.1, 0.15) is 18.1 Å². The zero-order valence-corrected chi connectivity index (χ0v) is 24.3. The molecule has 1 saturated heterocycles. The Hall–Kier alpha value is -3.03. The van der Waals surface area contributed by atoms with Crippen LogP contribution in [-0.2, 0) is 14.9 Å². The topological polar surface area (TPSA) is 99.2 Å². The van der Waals surface area contributed by atoms with Crippen LogP contribution in [0.25, 0.3) is 6.08 Å². The van der Waals surface area contributed by atoms with Crippen LogP contribution >= 0.6 is 34.4 Å². The Morgan fingerprint density at radius 3 is 2.47 bits per heavy atom. The van der Waals surface area contributed by atoms with Gasteiger partial charge in [-0.2, -0.15) is 8.42 Å². The van der Waals surface area contributed by atoms with Gasteiger partial charge in [-0.05, 0) is 102 Å². The Kier molecular flexibility index (Phi) is 9.00. The van der Waals surface area contributed by atoms with Crippen LogP contribution in [0.4, 0.5) is 4.79 Å². The minimum atomic E-state index is -4.09. The van der Waals surface area contributed by atoms with E-state index in [0.29, 0.717) is 14.9 Å². The lowest BCUT2D eigenvalue weighted by Crippen LogP contribution is -2.32. The molecule has 1 aliphatic rings. The van der Waals surface area contributed by atoms with E-state index >= 15 is 0 Å². The summed E-state index contributed by atoms with van der Waals surface area (Å²) in [7, 11) is -4.09. The van der Waals surface area contributed by atoms with Crippen molar-refractivity contribution in [1.82, 2.24) is 4.90 Å². The highest BCUT2D eigenvalue weighted by atomic mass is 127. The zero-order chi connectivity index (χ0) is 27.3. The molecule has 11 heteroatoms. The number of hydrogen-bond acceptors (Lipinski definition) is 8. The summed E-state index contributed by atoms with van der Waals surface area (Å²) >= 11 is 2.79. The van der Waals surface area contributed by atoms with Gasteiger partial charge in [-0.25, -0.2) is 0 Å². The van der Waals surface area contributed by atoms with Gasteiger partial charge in [-0.15, -0.1) is 0 Å². The average molecular weight is 666 g/mol. The maximum absolute atomic E-state index is 12.9. The minimum absolute atomic E-state index is 0.0161. The maximum atomic E-state index is 12.9. The molecular weight excluding hydrogens is 641 g/mol. The predicted molar refractivity (Wildman–Crippen MR) is 154 cm³/mol. The summed E-state index contributed by atoms with van der Waals surface area (Å²) in [6.45, 7) is 4.26. The molecule has 38 heavy (non-hydrogen) atoms. The molecule has 0 aromatic heterocycles. The van der Waals surface area contributed by atoms with Crippen molar-refractivity contribution in [2.75, 3.05) is 19.8 Å². The fourth-order valence-corrected chi connectivity index (χ4v) is 6.29. The van der Waals surface area contributed by atoms with Crippen LogP contribution in [0.3, 0.4) is 0 Å². The first kappa shape index (κ1) is 28.0. The molecule has 0 atom stereocenters. The van der Waals surface area contributed by atoms with E-state index in [2.05, 4.69) is 0 Å². The number of benzene rings is 3. The van der Waals surface area contributed by atoms with E-state index in [-0.39, 0.29) is 46.3 Å². The number of rotatable bonds is 10. The summed E-state index contributed by atoms with van der Waals surface area (Å²) in [5, 5.41) is -0.386. The number of carbonyl (C=O) groups excluding carboxylic acids is 2. The molecule has 0 radical (unpaired) electrons. The van der Waals surface area contributed by atoms with Gasteiger partial charge in [0, 0.05) is 0 Å². The smallest absolute Gasteiger partial charge is 0.339 e. The van der Waals surface area contributed by atoms with E-state index in [0.717, 1.165) is 22.2 Å². The second-order valence-corrected chi connectivity index (χ2v) is 11.8. The number of imide groups is 1. The molecule has 2 amide bonds. The quantitative estimate of drug-likeness (QED) is 0.151. The highest BCUT2D eigenvalue weighted by molar-refractivity contribution is 14.1. The molecule has 0 N–H and O–H groups in total. The van der Waals surface area contributed by atoms with Crippen molar-refractivity contribution >= 4 is 61.7 Å². The van der Waals surface area contributed by atoms with Gasteiger partial charge in [-0.3, -0.25) is 14.5 Å². The molecule has 3 aromatic rings. The van der Waals surface area contributed by atoms with Gasteiger partial charge in [0.2, 0.25) is 0 Å². The van der Waals surface area contributed by atoms with Crippen molar-refractivity contribution in [3.8, 4) is 17.2 Å². The number of ether oxygens (including phenoxy) is 2. The molecule has 1 aliphatic heterocycles. The van der Waals surface area contributed by atoms with Crippen molar-refractivity contribution in [2.24, 2.45) is 0 Å². The maximum Gasteiger partial charge on any atom is 0.339 e. The molecule has 0 spiro atoms. The van der Waals surface area contributed by atoms with Crippen LogP contribution < -0.4 is 13.7 Å². The molecule has 3 aromatic carbocycles. The summed E-state index contributed by atoms with van der Waals surface area (Å²) in [5.41, 5.74) is 1.61. The third kappa shape index (κ3) is 6.69. The standard InChI is InChI=1S/C27H24INO7S2/c1-3-34-23-16-19(15-22(28)25(23)36-38(32,33)21-10-5-4-6-11-21)17-24-26(30)29(27(31)37-24)12-13-35-20-9-7-8-18(2)14-20/h4-11,14-17H,3,12-13H2,1-2H3/b24-17-. The van der Waals surface area contributed by atoms with Gasteiger partial charge >= 0.3 is 10.1 Å². The number of carbonyl (C=O) groups is 2. The highest BCUT2D eigenvalue weighted by Crippen LogP contribution is 2.38. The SMILES string of the molecule is CCOc1cc(/C=C2\SC(=O)N(CCOc3cccc(C)c3)C2=O)cc(I)c1OS(=O)(=O)c1ccccc1. The Balaban J connectivity index is 1.52. The van der Waals surface area contributed by atoms with Gasteiger partial charge in [0.1, 0.15) is 17.3 Å². The molecule has 198 valence electrons. The van der Waals surface area contributed by atoms with Crippen molar-refractivity contribution in [2.45, 2.75) is 18.7 Å². The summed E-state index contributed by atoms with van der Waals surface area (Å²) in [4.78, 5) is 26.9. The molecule has 0 unspecified atom stereocenters. The molecule has 1 fully saturated rings. The van der Waals surface area contributed by atoms with Crippen molar-refractivity contribution in [1.29, 1.82) is 0 Å². The lowest BCUT2D eigenvalue weighted by atomic mass is 10.2. The lowest BCUT2D eigenvalue weighted by Gasteiger charge is -2.15. The van der Waals surface area contributed by atoms with E-state index < -0.39 is 16.0 Å². The number of halogens is 1. The Labute approximate surface area is 239 Å². The summed E-state index contributed by atoms with van der Waals surface area (Å²) in [6, 6.07) is 18.6. The minimum Gasteiger partial charge on any atom is -0.492 e.